The smallest absolute Gasteiger partial charge is 0.0671 e. The Balaban J connectivity index is 1.75. The van der Waals surface area contributed by atoms with E-state index in [1.807, 2.05) is 0 Å². The molecular formula is C16H24O. The first-order valence-corrected chi connectivity index (χ1v) is 7.18. The number of hydrogen-bond donors (Lipinski definition) is 0. The molecular weight excluding hydrogens is 208 g/mol. The Morgan fingerprint density at radius 1 is 1.18 bits per heavy atom. The molecule has 0 aromatic heterocycles. The third-order valence-electron chi connectivity index (χ3n) is 5.01. The minimum absolute atomic E-state index is 0.507. The van der Waals surface area contributed by atoms with Crippen molar-refractivity contribution in [3.05, 3.63) is 23.3 Å². The lowest BCUT2D eigenvalue weighted by Crippen LogP contribution is -2.42. The highest BCUT2D eigenvalue weighted by molar-refractivity contribution is 5.14. The molecule has 0 aromatic rings. The third-order valence-corrected chi connectivity index (χ3v) is 5.01. The van der Waals surface area contributed by atoms with E-state index in [2.05, 4.69) is 26.0 Å². The summed E-state index contributed by atoms with van der Waals surface area (Å²) in [4.78, 5) is 0. The molecule has 1 nitrogen and oxygen atoms in total. The maximum Gasteiger partial charge on any atom is 0.0671 e. The fourth-order valence-corrected chi connectivity index (χ4v) is 3.79. The monoisotopic (exact) mass is 232 g/mol. The number of fused-ring (bicyclic) bond motifs is 2. The molecule has 3 rings (SSSR count). The number of ether oxygens (including phenoxy) is 1. The van der Waals surface area contributed by atoms with Crippen LogP contribution in [0.4, 0.5) is 0 Å². The van der Waals surface area contributed by atoms with Crippen LogP contribution in [0.2, 0.25) is 0 Å². The van der Waals surface area contributed by atoms with E-state index in [0.717, 1.165) is 24.4 Å². The van der Waals surface area contributed by atoms with Crippen molar-refractivity contribution < 1.29 is 4.74 Å². The average molecular weight is 232 g/mol. The zero-order valence-electron chi connectivity index (χ0n) is 11.1. The second-order valence-corrected chi connectivity index (χ2v) is 6.27. The molecule has 1 aliphatic heterocycles. The summed E-state index contributed by atoms with van der Waals surface area (Å²) in [7, 11) is 0. The van der Waals surface area contributed by atoms with Gasteiger partial charge in [0, 0.05) is 5.92 Å². The van der Waals surface area contributed by atoms with E-state index < -0.39 is 0 Å². The molecule has 0 N–H and O–H groups in total. The second-order valence-electron chi connectivity index (χ2n) is 6.27. The van der Waals surface area contributed by atoms with E-state index in [-0.39, 0.29) is 0 Å². The molecule has 3 aliphatic rings. The van der Waals surface area contributed by atoms with Crippen molar-refractivity contribution in [1.82, 2.24) is 0 Å². The van der Waals surface area contributed by atoms with E-state index in [0.29, 0.717) is 6.10 Å². The molecule has 1 fully saturated rings. The van der Waals surface area contributed by atoms with Crippen molar-refractivity contribution in [3.63, 3.8) is 0 Å². The average Bonchev–Trinajstić information content (AvgIpc) is 2.36. The first-order chi connectivity index (χ1) is 8.24. The highest BCUT2D eigenvalue weighted by Crippen LogP contribution is 2.42. The van der Waals surface area contributed by atoms with Crippen molar-refractivity contribution >= 4 is 0 Å². The first kappa shape index (κ1) is 11.5. The summed E-state index contributed by atoms with van der Waals surface area (Å²) < 4.78 is 6.22. The van der Waals surface area contributed by atoms with Gasteiger partial charge in [-0.05, 0) is 57.8 Å². The lowest BCUT2D eigenvalue weighted by molar-refractivity contribution is -0.0807. The quantitative estimate of drug-likeness (QED) is 0.618. The Morgan fingerprint density at radius 2 is 2.06 bits per heavy atom. The molecule has 1 heteroatoms. The van der Waals surface area contributed by atoms with E-state index in [9.17, 15) is 0 Å². The van der Waals surface area contributed by atoms with Crippen molar-refractivity contribution in [2.24, 2.45) is 17.8 Å². The molecule has 4 atom stereocenters. The zero-order valence-corrected chi connectivity index (χ0v) is 11.1. The van der Waals surface area contributed by atoms with Gasteiger partial charge in [0.1, 0.15) is 0 Å². The van der Waals surface area contributed by atoms with Crippen LogP contribution in [0, 0.1) is 17.8 Å². The topological polar surface area (TPSA) is 9.23 Å². The first-order valence-electron chi connectivity index (χ1n) is 7.18. The normalized spacial score (nSPS) is 41.8. The molecule has 0 radical (unpaired) electrons. The fourth-order valence-electron chi connectivity index (χ4n) is 3.79. The van der Waals surface area contributed by atoms with E-state index >= 15 is 0 Å². The van der Waals surface area contributed by atoms with Crippen LogP contribution in [0.25, 0.3) is 0 Å². The molecule has 0 unspecified atom stereocenters. The minimum atomic E-state index is 0.507. The van der Waals surface area contributed by atoms with Crippen molar-refractivity contribution in [2.45, 2.75) is 52.1 Å². The van der Waals surface area contributed by atoms with E-state index in [4.69, 9.17) is 4.74 Å². The Labute approximate surface area is 105 Å². The standard InChI is InChI=1S/C16H24O/c1-11-3-7-14(8-4-11)16-15-9-13(10-17-16)6-5-12(15)2/h3,5,13-16H,4,6-10H2,1-2H3/t13-,14-,15-,16-/m0/s1. The Bertz CT molecular complexity index is 353. The van der Waals surface area contributed by atoms with Crippen LogP contribution < -0.4 is 0 Å². The Morgan fingerprint density at radius 3 is 2.82 bits per heavy atom. The van der Waals surface area contributed by atoms with Gasteiger partial charge in [0.25, 0.3) is 0 Å². The van der Waals surface area contributed by atoms with Gasteiger partial charge in [0.05, 0.1) is 12.7 Å². The van der Waals surface area contributed by atoms with Gasteiger partial charge in [-0.1, -0.05) is 23.3 Å². The minimum Gasteiger partial charge on any atom is -0.377 e. The second kappa shape index (κ2) is 4.61. The molecule has 1 saturated heterocycles. The van der Waals surface area contributed by atoms with Gasteiger partial charge in [0.15, 0.2) is 0 Å². The molecule has 2 bridgehead atoms. The van der Waals surface area contributed by atoms with Crippen LogP contribution in [-0.2, 0) is 4.74 Å². The van der Waals surface area contributed by atoms with Crippen LogP contribution in [0.3, 0.4) is 0 Å². The SMILES string of the molecule is CC1=CC[C@H]([C@@H]2OC[C@H]3CC=C(C)[C@@H]2C3)CC1. The molecule has 94 valence electrons. The predicted octanol–water partition coefficient (Wildman–Crippen LogP) is 4.10. The lowest BCUT2D eigenvalue weighted by atomic mass is 9.71. The van der Waals surface area contributed by atoms with Crippen LogP contribution in [-0.4, -0.2) is 12.7 Å². The summed E-state index contributed by atoms with van der Waals surface area (Å²) in [6, 6.07) is 0. The maximum absolute atomic E-state index is 6.22. The molecule has 2 aliphatic carbocycles. The molecule has 0 spiro atoms. The lowest BCUT2D eigenvalue weighted by Gasteiger charge is -2.44. The Kier molecular flexibility index (Phi) is 3.12. The van der Waals surface area contributed by atoms with Crippen LogP contribution >= 0.6 is 0 Å². The molecule has 0 aromatic carbocycles. The van der Waals surface area contributed by atoms with Crippen molar-refractivity contribution in [3.8, 4) is 0 Å². The zero-order chi connectivity index (χ0) is 11.8. The third kappa shape index (κ3) is 2.22. The van der Waals surface area contributed by atoms with Crippen LogP contribution in [0.5, 0.6) is 0 Å². The van der Waals surface area contributed by atoms with Crippen molar-refractivity contribution in [2.75, 3.05) is 6.61 Å². The summed E-state index contributed by atoms with van der Waals surface area (Å²) >= 11 is 0. The summed E-state index contributed by atoms with van der Waals surface area (Å²) in [5, 5.41) is 0. The maximum atomic E-state index is 6.22. The summed E-state index contributed by atoms with van der Waals surface area (Å²) in [6.07, 6.45) is 11.9. The van der Waals surface area contributed by atoms with Gasteiger partial charge < -0.3 is 4.74 Å². The number of rotatable bonds is 1. The van der Waals surface area contributed by atoms with Gasteiger partial charge in [-0.15, -0.1) is 0 Å². The Hall–Kier alpha value is -0.560. The summed E-state index contributed by atoms with van der Waals surface area (Å²) in [6.45, 7) is 5.58. The number of hydrogen-bond acceptors (Lipinski definition) is 1. The summed E-state index contributed by atoms with van der Waals surface area (Å²) in [5.74, 6) is 2.30. The van der Waals surface area contributed by atoms with Gasteiger partial charge in [-0.25, -0.2) is 0 Å². The molecule has 1 heterocycles. The van der Waals surface area contributed by atoms with Gasteiger partial charge >= 0.3 is 0 Å². The summed E-state index contributed by atoms with van der Waals surface area (Å²) in [5.41, 5.74) is 3.17. The molecule has 0 saturated carbocycles. The van der Waals surface area contributed by atoms with Gasteiger partial charge in [0.2, 0.25) is 0 Å². The van der Waals surface area contributed by atoms with E-state index in [1.165, 1.54) is 32.1 Å². The van der Waals surface area contributed by atoms with Crippen LogP contribution in [0.1, 0.15) is 46.0 Å². The molecule has 17 heavy (non-hydrogen) atoms. The number of allylic oxidation sites excluding steroid dienone is 3. The largest absolute Gasteiger partial charge is 0.377 e. The highest BCUT2D eigenvalue weighted by Gasteiger charge is 2.38. The predicted molar refractivity (Wildman–Crippen MR) is 70.8 cm³/mol. The molecule has 0 amide bonds. The van der Waals surface area contributed by atoms with Gasteiger partial charge in [-0.3, -0.25) is 0 Å². The van der Waals surface area contributed by atoms with Gasteiger partial charge in [-0.2, -0.15) is 0 Å². The van der Waals surface area contributed by atoms with Crippen molar-refractivity contribution in [1.29, 1.82) is 0 Å². The van der Waals surface area contributed by atoms with Crippen LogP contribution in [0.15, 0.2) is 23.3 Å². The highest BCUT2D eigenvalue weighted by atomic mass is 16.5. The van der Waals surface area contributed by atoms with E-state index in [1.54, 1.807) is 11.1 Å². The fraction of sp³-hybridized carbons (Fsp3) is 0.750.